The van der Waals surface area contributed by atoms with Crippen molar-refractivity contribution in [2.24, 2.45) is 17.6 Å². The number of anilines is 1. The summed E-state index contributed by atoms with van der Waals surface area (Å²) in [5, 5.41) is 102. The van der Waals surface area contributed by atoms with E-state index in [2.05, 4.69) is 45.9 Å². The van der Waals surface area contributed by atoms with Gasteiger partial charge in [-0.25, -0.2) is 9.97 Å². The number of fused-ring (bicyclic) bond motifs is 2. The number of β-amino-alcohol motifs (C(OH)–C–C–N with tert-alkyl or cyclic N) is 1. The van der Waals surface area contributed by atoms with E-state index >= 15 is 0 Å². The number of primary amides is 1. The van der Waals surface area contributed by atoms with Gasteiger partial charge in [0.2, 0.25) is 47.3 Å². The van der Waals surface area contributed by atoms with Crippen molar-refractivity contribution in [2.45, 2.75) is 195 Å². The van der Waals surface area contributed by atoms with E-state index in [1.54, 1.807) is 0 Å². The highest BCUT2D eigenvalue weighted by atomic mass is 32.3. The van der Waals surface area contributed by atoms with E-state index in [4.69, 9.17) is 20.4 Å². The summed E-state index contributed by atoms with van der Waals surface area (Å²) in [5.74, 6) is -9.88. The summed E-state index contributed by atoms with van der Waals surface area (Å²) in [5.41, 5.74) is 8.05. The molecule has 7 amide bonds. The Morgan fingerprint density at radius 2 is 1.39 bits per heavy atom. The summed E-state index contributed by atoms with van der Waals surface area (Å²) in [6, 6.07) is -0.245. The van der Waals surface area contributed by atoms with Crippen molar-refractivity contribution in [2.75, 3.05) is 44.2 Å². The van der Waals surface area contributed by atoms with E-state index in [1.807, 2.05) is 36.7 Å². The zero-order valence-electron chi connectivity index (χ0n) is 54.2. The number of nitrogens with zero attached hydrogens (tertiary/aromatic N) is 7. The first-order valence-electron chi connectivity index (χ1n) is 33.2. The van der Waals surface area contributed by atoms with Gasteiger partial charge in [-0.05, 0) is 100 Å². The van der Waals surface area contributed by atoms with Crippen LogP contribution in [0.1, 0.15) is 114 Å². The quantitative estimate of drug-likeness (QED) is 0.0501. The number of hydrogen-bond acceptors (Lipinski definition) is 25. The van der Waals surface area contributed by atoms with Crippen LogP contribution < -0.4 is 41.4 Å². The van der Waals surface area contributed by atoms with Crippen molar-refractivity contribution in [1.29, 1.82) is 0 Å². The van der Waals surface area contributed by atoms with E-state index in [1.165, 1.54) is 38.0 Å². The summed E-state index contributed by atoms with van der Waals surface area (Å²) >= 11 is 1.51. The molecule has 0 radical (unpaired) electrons. The predicted molar refractivity (Wildman–Crippen MR) is 349 cm³/mol. The Bertz CT molecular complexity index is 3590. The van der Waals surface area contributed by atoms with Crippen LogP contribution in [0.2, 0.25) is 0 Å². The fourth-order valence-corrected chi connectivity index (χ4v) is 15.3. The average Bonchev–Trinajstić information content (AvgIpc) is 1.63. The smallest absolute Gasteiger partial charge is 0.446 e. The Balaban J connectivity index is 0.830. The number of aliphatic hydroxyl groups excluding tert-OH is 6. The van der Waals surface area contributed by atoms with Gasteiger partial charge in [0.15, 0.2) is 11.5 Å². The number of phenolic OH excluding ortho intramolecular Hbond substituents is 1. The fourth-order valence-electron chi connectivity index (χ4n) is 13.9. The first kappa shape index (κ1) is 73.1. The number of carbonyl (C=O) groups is 7. The number of benzene rings is 2. The standard InChI is InChI=1S/C64H87N13O19S2/c1-32-30-77-54(55(32)85)59(89)67-29-40(79)23-44(66-26-34-7-10-37(11-8-34)60-73-74-61(97-60)38-14-12-36(13-15-38)39-27-68-64(69-28-39)75-19-17-43(18-20-75)95-42-5-3-4-6-42)56(86)70-51(33(2)78)62(90)76-31-41(80)24-45(76)57(87)71-52(58(88)72-53(63(77)91)48(83)25-50(65)84)47(82)21-35-9-16-46(81)49(22-35)96-98(92,93)94/h9,12-16,22,27-28,32-34,37,40-45,47-48,51-55,66,78-83,85H,3-8,10-11,17-21,23-26,29-31H2,1-2H3,(H2,65,84)(H,67,89)(H,70,86)(H,71,87)(H,72,88)(H,92,93,94)/t32-,33+,34?,37?,40+,41+,44-,45-,47+,48+,51-,52-,53-,54-,55-/m0/s1. The molecule has 10 rings (SSSR count). The summed E-state index contributed by atoms with van der Waals surface area (Å²) in [7, 11) is -5.23. The third kappa shape index (κ3) is 18.2. The van der Waals surface area contributed by atoms with Crippen LogP contribution in [0.4, 0.5) is 5.95 Å². The molecule has 0 bridgehead atoms. The van der Waals surface area contributed by atoms with Gasteiger partial charge in [-0.15, -0.1) is 10.2 Å². The second-order valence-corrected chi connectivity index (χ2v) is 28.7. The maximum absolute atomic E-state index is 14.7. The second-order valence-electron chi connectivity index (χ2n) is 26.7. The molecule has 2 aromatic heterocycles. The van der Waals surface area contributed by atoms with Crippen LogP contribution in [0, 0.1) is 11.8 Å². The van der Waals surface area contributed by atoms with Gasteiger partial charge < -0.3 is 91.7 Å². The summed E-state index contributed by atoms with van der Waals surface area (Å²) < 4.78 is 43.3. The lowest BCUT2D eigenvalue weighted by molar-refractivity contribution is -0.147. The molecule has 4 aliphatic heterocycles. The van der Waals surface area contributed by atoms with Crippen LogP contribution in [0.5, 0.6) is 11.5 Å². The Morgan fingerprint density at radius 1 is 0.745 bits per heavy atom. The average molecular weight is 1410 g/mol. The monoisotopic (exact) mass is 1410 g/mol. The second kappa shape index (κ2) is 32.1. The van der Waals surface area contributed by atoms with Gasteiger partial charge >= 0.3 is 10.4 Å². The molecule has 6 heterocycles. The molecule has 4 aromatic rings. The first-order valence-corrected chi connectivity index (χ1v) is 35.4. The normalized spacial score (nSPS) is 28.8. The van der Waals surface area contributed by atoms with Crippen LogP contribution in [-0.2, 0) is 55.1 Å². The number of phenols is 1. The SMILES string of the molecule is C[C@@H](O)[C@@H]1NC(=O)[C@@H](NCC2CCC(c3nnc(-c4ccc(-c5cnc(N6CCC(OC7CCCC7)CC6)nc5)cc4)s3)CC2)C[C@@H](O)CNC(=O)[C@@H]2[C@@H](O)[C@@H](C)CN2C(=O)[C@H]([C@H](O)CC(N)=O)NC(=O)[C@H]([C@H](O)Cc2ccc(O)c(OS(=O)(=O)O)c2)NC(=O)[C@@H]2C[C@@H](O)CN2C1=O. The molecule has 534 valence electrons. The lowest BCUT2D eigenvalue weighted by atomic mass is 9.82. The minimum absolute atomic E-state index is 0.0206. The maximum atomic E-state index is 14.7. The number of aromatic hydroxyl groups is 1. The minimum atomic E-state index is -5.23. The topological polar surface area (TPSA) is 481 Å². The van der Waals surface area contributed by atoms with Crippen molar-refractivity contribution in [3.05, 3.63) is 65.4 Å². The Morgan fingerprint density at radius 3 is 2.05 bits per heavy atom. The molecule has 32 nitrogen and oxygen atoms in total. The van der Waals surface area contributed by atoms with Crippen LogP contribution in [0.25, 0.3) is 21.7 Å². The molecular formula is C64H87N13O19S2. The van der Waals surface area contributed by atoms with Gasteiger partial charge in [0.25, 0.3) is 0 Å². The number of nitrogens with one attached hydrogen (secondary N) is 5. The van der Waals surface area contributed by atoms with Crippen molar-refractivity contribution in [3.8, 4) is 33.2 Å². The molecule has 2 aliphatic carbocycles. The number of piperidine rings is 1. The van der Waals surface area contributed by atoms with E-state index < -0.39 is 181 Å². The van der Waals surface area contributed by atoms with Crippen molar-refractivity contribution < 1.29 is 91.2 Å². The Hall–Kier alpha value is -7.64. The van der Waals surface area contributed by atoms with Crippen LogP contribution >= 0.6 is 11.3 Å². The van der Waals surface area contributed by atoms with E-state index in [0.29, 0.717) is 24.9 Å². The van der Waals surface area contributed by atoms with Crippen LogP contribution in [-0.4, -0.2) is 244 Å². The van der Waals surface area contributed by atoms with Crippen molar-refractivity contribution >= 4 is 69.0 Å². The highest BCUT2D eigenvalue weighted by Crippen LogP contribution is 2.39. The predicted octanol–water partition coefficient (Wildman–Crippen LogP) is -1.57. The van der Waals surface area contributed by atoms with Gasteiger partial charge in [0, 0.05) is 80.9 Å². The first-order chi connectivity index (χ1) is 46.7. The molecule has 2 saturated carbocycles. The molecule has 98 heavy (non-hydrogen) atoms. The molecule has 34 heteroatoms. The number of aromatic nitrogens is 4. The van der Waals surface area contributed by atoms with Crippen LogP contribution in [0.3, 0.4) is 0 Å². The van der Waals surface area contributed by atoms with Gasteiger partial charge in [0.05, 0.1) is 61.3 Å². The van der Waals surface area contributed by atoms with Gasteiger partial charge in [0.1, 0.15) is 40.2 Å². The molecule has 6 fully saturated rings. The summed E-state index contributed by atoms with van der Waals surface area (Å²) in [6.07, 6.45) is 0.653. The van der Waals surface area contributed by atoms with Crippen molar-refractivity contribution in [3.63, 3.8) is 0 Å². The lowest BCUT2D eigenvalue weighted by Crippen LogP contribution is -2.64. The molecule has 13 atom stereocenters. The van der Waals surface area contributed by atoms with Crippen LogP contribution in [0.15, 0.2) is 54.9 Å². The molecule has 4 saturated heterocycles. The third-order valence-corrected chi connectivity index (χ3v) is 20.8. The van der Waals surface area contributed by atoms with Gasteiger partial charge in [-0.3, -0.25) is 38.1 Å². The fraction of sp³-hybridized carbons (Fsp3) is 0.609. The molecule has 6 aliphatic rings. The molecule has 0 spiro atoms. The maximum Gasteiger partial charge on any atom is 0.446 e. The number of ether oxygens (including phenoxy) is 1. The Kier molecular flexibility index (Phi) is 24.0. The third-order valence-electron chi connectivity index (χ3n) is 19.3. The number of hydrogen-bond donors (Lipinski definition) is 14. The zero-order valence-corrected chi connectivity index (χ0v) is 55.9. The highest BCUT2D eigenvalue weighted by Gasteiger charge is 2.50. The Labute approximate surface area is 569 Å². The van der Waals surface area contributed by atoms with E-state index in [0.717, 1.165) is 106 Å². The molecule has 2 aromatic carbocycles. The number of aliphatic hydroxyl groups is 6. The van der Waals surface area contributed by atoms with E-state index in [9.17, 15) is 82.3 Å². The largest absolute Gasteiger partial charge is 0.504 e. The molecule has 15 N–H and O–H groups in total. The van der Waals surface area contributed by atoms with Gasteiger partial charge in [-0.1, -0.05) is 61.4 Å². The molecular weight excluding hydrogens is 1320 g/mol. The summed E-state index contributed by atoms with van der Waals surface area (Å²) in [4.78, 5) is 113. The number of rotatable bonds is 18. The lowest BCUT2D eigenvalue weighted by Gasteiger charge is -2.34. The minimum Gasteiger partial charge on any atom is -0.504 e. The van der Waals surface area contributed by atoms with Crippen molar-refractivity contribution in [1.82, 2.24) is 56.5 Å². The number of amides is 7. The number of carbonyl (C=O) groups excluding carboxylic acids is 7. The van der Waals surface area contributed by atoms with E-state index in [-0.39, 0.29) is 36.6 Å². The van der Waals surface area contributed by atoms with Gasteiger partial charge in [-0.2, -0.15) is 8.42 Å². The summed E-state index contributed by atoms with van der Waals surface area (Å²) in [6.45, 7) is 3.04. The highest BCUT2D eigenvalue weighted by molar-refractivity contribution is 7.81. The number of nitrogens with two attached hydrogens (primary N) is 1. The zero-order chi connectivity index (χ0) is 70.3. The molecule has 0 unspecified atom stereocenters.